The van der Waals surface area contributed by atoms with Crippen LogP contribution >= 0.6 is 0 Å². The van der Waals surface area contributed by atoms with Crippen LogP contribution in [0.2, 0.25) is 0 Å². The van der Waals surface area contributed by atoms with E-state index in [2.05, 4.69) is 41.4 Å². The minimum Gasteiger partial charge on any atom is -0.380 e. The summed E-state index contributed by atoms with van der Waals surface area (Å²) in [4.78, 5) is 2.47. The Labute approximate surface area is 104 Å². The topological polar surface area (TPSA) is 24.5 Å². The van der Waals surface area contributed by atoms with Gasteiger partial charge in [-0.3, -0.25) is 0 Å². The first-order valence-electron chi connectivity index (χ1n) is 6.40. The highest BCUT2D eigenvalue weighted by Crippen LogP contribution is 2.22. The smallest absolute Gasteiger partial charge is 0.0733 e. The van der Waals surface area contributed by atoms with Crippen molar-refractivity contribution in [1.29, 1.82) is 0 Å². The van der Waals surface area contributed by atoms with Crippen molar-refractivity contribution in [3.8, 4) is 0 Å². The van der Waals surface area contributed by atoms with Crippen LogP contribution in [0.4, 0.5) is 5.69 Å². The lowest BCUT2D eigenvalue weighted by atomic mass is 10.1. The zero-order valence-corrected chi connectivity index (χ0v) is 10.8. The number of benzene rings is 1. The Morgan fingerprint density at radius 3 is 3.00 bits per heavy atom. The molecule has 0 bridgehead atoms. The largest absolute Gasteiger partial charge is 0.380 e. The second kappa shape index (κ2) is 6.03. The number of piperazine rings is 1. The summed E-state index contributed by atoms with van der Waals surface area (Å²) in [6.07, 6.45) is 1.18. The maximum atomic E-state index is 5.27. The van der Waals surface area contributed by atoms with Crippen molar-refractivity contribution < 1.29 is 4.74 Å². The maximum absolute atomic E-state index is 5.27. The normalized spacial score (nSPS) is 20.6. The van der Waals surface area contributed by atoms with Crippen LogP contribution < -0.4 is 10.2 Å². The summed E-state index contributed by atoms with van der Waals surface area (Å²) in [6.45, 7) is 6.17. The molecule has 1 atom stereocenters. The monoisotopic (exact) mass is 234 g/mol. The molecule has 0 amide bonds. The minimum absolute atomic E-state index is 0.611. The van der Waals surface area contributed by atoms with E-state index in [4.69, 9.17) is 4.74 Å². The predicted molar refractivity (Wildman–Crippen MR) is 71.4 cm³/mol. The summed E-state index contributed by atoms with van der Waals surface area (Å²) in [6, 6.07) is 9.16. The van der Waals surface area contributed by atoms with Gasteiger partial charge in [-0.25, -0.2) is 0 Å². The average molecular weight is 234 g/mol. The zero-order valence-electron chi connectivity index (χ0n) is 10.8. The van der Waals surface area contributed by atoms with Gasteiger partial charge in [0.05, 0.1) is 6.61 Å². The third-order valence-electron chi connectivity index (χ3n) is 3.38. The Bertz CT molecular complexity index is 354. The van der Waals surface area contributed by atoms with Crippen molar-refractivity contribution in [1.82, 2.24) is 5.32 Å². The highest BCUT2D eigenvalue weighted by molar-refractivity contribution is 5.54. The molecule has 1 N–H and O–H groups in total. The molecule has 1 aliphatic heterocycles. The summed E-state index contributed by atoms with van der Waals surface area (Å²) in [7, 11) is 1.75. The molecule has 1 heterocycles. The number of anilines is 1. The van der Waals surface area contributed by atoms with Gasteiger partial charge in [0.15, 0.2) is 0 Å². The van der Waals surface area contributed by atoms with Gasteiger partial charge in [-0.2, -0.15) is 0 Å². The number of ether oxygens (including phenoxy) is 1. The van der Waals surface area contributed by atoms with E-state index in [1.165, 1.54) is 17.7 Å². The lowest BCUT2D eigenvalue weighted by Crippen LogP contribution is -2.50. The van der Waals surface area contributed by atoms with E-state index >= 15 is 0 Å². The van der Waals surface area contributed by atoms with Crippen molar-refractivity contribution in [2.75, 3.05) is 31.6 Å². The molecule has 0 aromatic heterocycles. The minimum atomic E-state index is 0.611. The van der Waals surface area contributed by atoms with Gasteiger partial charge in [-0.1, -0.05) is 25.1 Å². The van der Waals surface area contributed by atoms with Crippen LogP contribution in [0.3, 0.4) is 0 Å². The van der Waals surface area contributed by atoms with E-state index in [-0.39, 0.29) is 0 Å². The first kappa shape index (κ1) is 12.4. The first-order valence-corrected chi connectivity index (χ1v) is 6.40. The Balaban J connectivity index is 2.15. The predicted octanol–water partition coefficient (Wildman–Crippen LogP) is 2.02. The van der Waals surface area contributed by atoms with Crippen molar-refractivity contribution in [2.45, 2.75) is 26.0 Å². The van der Waals surface area contributed by atoms with Crippen LogP contribution in [0.25, 0.3) is 0 Å². The van der Waals surface area contributed by atoms with Gasteiger partial charge < -0.3 is 15.0 Å². The van der Waals surface area contributed by atoms with Crippen LogP contribution in [-0.4, -0.2) is 32.8 Å². The second-order valence-corrected chi connectivity index (χ2v) is 4.57. The van der Waals surface area contributed by atoms with Crippen LogP contribution in [0, 0.1) is 0 Å². The second-order valence-electron chi connectivity index (χ2n) is 4.57. The molecule has 2 rings (SSSR count). The fraction of sp³-hybridized carbons (Fsp3) is 0.571. The molecule has 1 aromatic rings. The van der Waals surface area contributed by atoms with Gasteiger partial charge >= 0.3 is 0 Å². The van der Waals surface area contributed by atoms with E-state index in [1.807, 2.05) is 0 Å². The Hall–Kier alpha value is -1.06. The number of nitrogens with zero attached hydrogens (tertiary/aromatic N) is 1. The third kappa shape index (κ3) is 2.99. The quantitative estimate of drug-likeness (QED) is 0.862. The number of methoxy groups -OCH3 is 1. The molecule has 0 radical (unpaired) electrons. The molecule has 1 unspecified atom stereocenters. The van der Waals surface area contributed by atoms with Crippen LogP contribution in [0.1, 0.15) is 18.9 Å². The van der Waals surface area contributed by atoms with E-state index in [0.717, 1.165) is 19.6 Å². The standard InChI is InChI=1S/C14H22N2O/c1-3-13-10-16(9-8-15-13)14-7-5-4-6-12(14)11-17-2/h4-7,13,15H,3,8-11H2,1-2H3. The van der Waals surface area contributed by atoms with Gasteiger partial charge in [0.1, 0.15) is 0 Å². The van der Waals surface area contributed by atoms with Crippen molar-refractivity contribution in [3.05, 3.63) is 29.8 Å². The zero-order chi connectivity index (χ0) is 12.1. The van der Waals surface area contributed by atoms with Gasteiger partial charge in [0, 0.05) is 44.0 Å². The number of hydrogen-bond acceptors (Lipinski definition) is 3. The molecule has 94 valence electrons. The Kier molecular flexibility index (Phi) is 4.40. The summed E-state index contributed by atoms with van der Waals surface area (Å²) >= 11 is 0. The van der Waals surface area contributed by atoms with E-state index in [0.29, 0.717) is 12.6 Å². The number of rotatable bonds is 4. The van der Waals surface area contributed by atoms with Gasteiger partial charge in [0.2, 0.25) is 0 Å². The van der Waals surface area contributed by atoms with Crippen molar-refractivity contribution in [3.63, 3.8) is 0 Å². The van der Waals surface area contributed by atoms with E-state index in [1.54, 1.807) is 7.11 Å². The highest BCUT2D eigenvalue weighted by Gasteiger charge is 2.19. The van der Waals surface area contributed by atoms with Crippen LogP contribution in [0.5, 0.6) is 0 Å². The fourth-order valence-electron chi connectivity index (χ4n) is 2.41. The molecule has 3 heteroatoms. The number of para-hydroxylation sites is 1. The van der Waals surface area contributed by atoms with Crippen molar-refractivity contribution in [2.24, 2.45) is 0 Å². The van der Waals surface area contributed by atoms with Gasteiger partial charge in [0.25, 0.3) is 0 Å². The molecule has 0 saturated carbocycles. The summed E-state index contributed by atoms with van der Waals surface area (Å²) < 4.78 is 5.27. The van der Waals surface area contributed by atoms with Crippen LogP contribution in [0.15, 0.2) is 24.3 Å². The van der Waals surface area contributed by atoms with Crippen molar-refractivity contribution >= 4 is 5.69 Å². The lowest BCUT2D eigenvalue weighted by Gasteiger charge is -2.36. The lowest BCUT2D eigenvalue weighted by molar-refractivity contribution is 0.185. The van der Waals surface area contributed by atoms with E-state index in [9.17, 15) is 0 Å². The fourth-order valence-corrected chi connectivity index (χ4v) is 2.41. The summed E-state index contributed by atoms with van der Waals surface area (Å²) in [5.74, 6) is 0. The number of nitrogens with one attached hydrogen (secondary N) is 1. The molecule has 1 fully saturated rings. The summed E-state index contributed by atoms with van der Waals surface area (Å²) in [5.41, 5.74) is 2.61. The summed E-state index contributed by atoms with van der Waals surface area (Å²) in [5, 5.41) is 3.55. The van der Waals surface area contributed by atoms with Gasteiger partial charge in [-0.15, -0.1) is 0 Å². The SMILES string of the molecule is CCC1CN(c2ccccc2COC)CCN1. The van der Waals surface area contributed by atoms with Crippen LogP contribution in [-0.2, 0) is 11.3 Å². The third-order valence-corrected chi connectivity index (χ3v) is 3.38. The number of hydrogen-bond donors (Lipinski definition) is 1. The molecular formula is C14H22N2O. The maximum Gasteiger partial charge on any atom is 0.0733 e. The average Bonchev–Trinajstić information content (AvgIpc) is 2.40. The first-order chi connectivity index (χ1) is 8.35. The molecule has 17 heavy (non-hydrogen) atoms. The Morgan fingerprint density at radius 1 is 1.41 bits per heavy atom. The molecule has 3 nitrogen and oxygen atoms in total. The molecule has 1 aromatic carbocycles. The van der Waals surface area contributed by atoms with E-state index < -0.39 is 0 Å². The van der Waals surface area contributed by atoms with Gasteiger partial charge in [-0.05, 0) is 12.5 Å². The molecular weight excluding hydrogens is 212 g/mol. The molecule has 0 spiro atoms. The Morgan fingerprint density at radius 2 is 2.24 bits per heavy atom. The molecule has 0 aliphatic carbocycles. The molecule has 1 aliphatic rings. The molecule has 1 saturated heterocycles. The highest BCUT2D eigenvalue weighted by atomic mass is 16.5.